The van der Waals surface area contributed by atoms with Gasteiger partial charge in [-0.15, -0.1) is 12.4 Å². The number of pyridine rings is 1. The van der Waals surface area contributed by atoms with Gasteiger partial charge in [-0.05, 0) is 37.5 Å². The molecule has 0 N–H and O–H groups in total. The minimum Gasteiger partial charge on any atom is -0.450 e. The van der Waals surface area contributed by atoms with Gasteiger partial charge >= 0.3 is 6.09 Å². The van der Waals surface area contributed by atoms with E-state index in [4.69, 9.17) is 4.74 Å². The third-order valence-electron chi connectivity index (χ3n) is 4.97. The fourth-order valence-electron chi connectivity index (χ4n) is 3.82. The predicted molar refractivity (Wildman–Crippen MR) is 108 cm³/mol. The first kappa shape index (κ1) is 19.2. The lowest BCUT2D eigenvalue weighted by Crippen LogP contribution is -2.31. The number of nitrogens with zero attached hydrogens (tertiary/aromatic N) is 3. The molecule has 0 aliphatic carbocycles. The zero-order valence-corrected chi connectivity index (χ0v) is 16.2. The fourth-order valence-corrected chi connectivity index (χ4v) is 3.82. The second-order valence-electron chi connectivity index (χ2n) is 6.61. The lowest BCUT2D eigenvalue weighted by Gasteiger charge is -2.19. The molecule has 1 amide bonds. The average molecular weight is 386 g/mol. The van der Waals surface area contributed by atoms with Crippen molar-refractivity contribution in [2.75, 3.05) is 13.2 Å². The van der Waals surface area contributed by atoms with Crippen molar-refractivity contribution in [2.24, 2.45) is 0 Å². The molecule has 0 spiro atoms. The Bertz CT molecular complexity index is 924. The number of para-hydroxylation sites is 1. The Morgan fingerprint density at radius 1 is 1.22 bits per heavy atom. The van der Waals surface area contributed by atoms with E-state index in [0.717, 1.165) is 25.9 Å². The Morgan fingerprint density at radius 3 is 2.85 bits per heavy atom. The minimum atomic E-state index is -0.218. The molecular weight excluding hydrogens is 362 g/mol. The van der Waals surface area contributed by atoms with Gasteiger partial charge in [0.15, 0.2) is 0 Å². The molecule has 27 heavy (non-hydrogen) atoms. The van der Waals surface area contributed by atoms with Crippen molar-refractivity contribution >= 4 is 29.4 Å². The quantitative estimate of drug-likeness (QED) is 0.670. The van der Waals surface area contributed by atoms with Crippen LogP contribution >= 0.6 is 12.4 Å². The predicted octanol–water partition coefficient (Wildman–Crippen LogP) is 4.41. The summed E-state index contributed by atoms with van der Waals surface area (Å²) >= 11 is 0. The minimum absolute atomic E-state index is 0. The van der Waals surface area contributed by atoms with Gasteiger partial charge < -0.3 is 14.2 Å². The van der Waals surface area contributed by atoms with E-state index >= 15 is 0 Å². The van der Waals surface area contributed by atoms with Crippen molar-refractivity contribution in [3.05, 3.63) is 65.6 Å². The summed E-state index contributed by atoms with van der Waals surface area (Å²) in [7, 11) is 0. The van der Waals surface area contributed by atoms with Crippen LogP contribution in [0.2, 0.25) is 0 Å². The van der Waals surface area contributed by atoms with Gasteiger partial charge in [0.2, 0.25) is 0 Å². The van der Waals surface area contributed by atoms with Crippen molar-refractivity contribution in [3.8, 4) is 0 Å². The van der Waals surface area contributed by atoms with Crippen LogP contribution < -0.4 is 0 Å². The highest BCUT2D eigenvalue weighted by atomic mass is 35.5. The number of hydrogen-bond acceptors (Lipinski definition) is 3. The maximum Gasteiger partial charge on any atom is 0.410 e. The lowest BCUT2D eigenvalue weighted by molar-refractivity contribution is 0.105. The molecular formula is C21H24ClN3O2. The summed E-state index contributed by atoms with van der Waals surface area (Å²) in [6.07, 6.45) is 5.40. The molecule has 0 unspecified atom stereocenters. The van der Waals surface area contributed by atoms with Gasteiger partial charge in [0, 0.05) is 47.6 Å². The lowest BCUT2D eigenvalue weighted by atomic mass is 10.1. The molecule has 0 bridgehead atoms. The summed E-state index contributed by atoms with van der Waals surface area (Å²) in [6, 6.07) is 12.5. The number of rotatable bonds is 3. The first-order chi connectivity index (χ1) is 12.8. The third kappa shape index (κ3) is 3.78. The van der Waals surface area contributed by atoms with Crippen LogP contribution in [-0.2, 0) is 24.2 Å². The number of hydrogen-bond donors (Lipinski definition) is 0. The highest BCUT2D eigenvalue weighted by Crippen LogP contribution is 2.31. The number of benzene rings is 1. The Balaban J connectivity index is 0.00000210. The summed E-state index contributed by atoms with van der Waals surface area (Å²) in [5.41, 5.74) is 4.96. The van der Waals surface area contributed by atoms with Crippen LogP contribution in [-0.4, -0.2) is 33.7 Å². The second kappa shape index (κ2) is 8.44. The van der Waals surface area contributed by atoms with E-state index in [2.05, 4.69) is 39.9 Å². The van der Waals surface area contributed by atoms with Gasteiger partial charge in [0.1, 0.15) is 0 Å². The molecule has 0 fully saturated rings. The fraction of sp³-hybridized carbons (Fsp3) is 0.333. The molecule has 1 aromatic carbocycles. The summed E-state index contributed by atoms with van der Waals surface area (Å²) in [5, 5.41) is 1.22. The van der Waals surface area contributed by atoms with Crippen LogP contribution in [0.3, 0.4) is 0 Å². The van der Waals surface area contributed by atoms with Crippen molar-refractivity contribution in [2.45, 2.75) is 32.9 Å². The molecule has 5 nitrogen and oxygen atoms in total. The number of carbonyl (C=O) groups is 1. The summed E-state index contributed by atoms with van der Waals surface area (Å²) < 4.78 is 7.62. The molecule has 0 radical (unpaired) electrons. The maximum atomic E-state index is 12.3. The van der Waals surface area contributed by atoms with Crippen LogP contribution in [0.15, 0.2) is 48.8 Å². The van der Waals surface area contributed by atoms with Crippen molar-refractivity contribution in [1.29, 1.82) is 0 Å². The van der Waals surface area contributed by atoms with Crippen LogP contribution in [0.1, 0.15) is 30.2 Å². The number of carbonyl (C=O) groups excluding carboxylic acids is 1. The zero-order valence-electron chi connectivity index (χ0n) is 15.4. The molecule has 1 aliphatic heterocycles. The van der Waals surface area contributed by atoms with Crippen LogP contribution in [0.4, 0.5) is 4.79 Å². The molecule has 1 aliphatic rings. The summed E-state index contributed by atoms with van der Waals surface area (Å²) in [5.74, 6) is 0. The third-order valence-corrected chi connectivity index (χ3v) is 4.97. The van der Waals surface area contributed by atoms with E-state index in [-0.39, 0.29) is 18.5 Å². The molecule has 3 aromatic rings. The van der Waals surface area contributed by atoms with Gasteiger partial charge in [0.05, 0.1) is 13.2 Å². The van der Waals surface area contributed by atoms with E-state index in [0.29, 0.717) is 13.2 Å². The smallest absolute Gasteiger partial charge is 0.410 e. The number of amides is 1. The number of halogens is 1. The van der Waals surface area contributed by atoms with Gasteiger partial charge in [-0.2, -0.15) is 0 Å². The van der Waals surface area contributed by atoms with Gasteiger partial charge in [-0.3, -0.25) is 4.98 Å². The van der Waals surface area contributed by atoms with E-state index in [9.17, 15) is 4.79 Å². The molecule has 142 valence electrons. The van der Waals surface area contributed by atoms with Gasteiger partial charge in [-0.1, -0.05) is 24.3 Å². The van der Waals surface area contributed by atoms with Crippen molar-refractivity contribution in [3.63, 3.8) is 0 Å². The van der Waals surface area contributed by atoms with Crippen LogP contribution in [0.25, 0.3) is 10.9 Å². The SMILES string of the molecule is CCOC(=O)N1CCCc2c(c3ccccc3n2Cc2cccnc2)C1.Cl. The molecule has 4 rings (SSSR count). The molecule has 6 heteroatoms. The number of aromatic nitrogens is 2. The highest BCUT2D eigenvalue weighted by Gasteiger charge is 2.25. The molecule has 0 saturated heterocycles. The van der Waals surface area contributed by atoms with Crippen molar-refractivity contribution in [1.82, 2.24) is 14.5 Å². The highest BCUT2D eigenvalue weighted by molar-refractivity contribution is 5.86. The molecule has 0 saturated carbocycles. The summed E-state index contributed by atoms with van der Waals surface area (Å²) in [6.45, 7) is 4.39. The van der Waals surface area contributed by atoms with E-state index in [1.165, 1.54) is 27.7 Å². The molecule has 3 heterocycles. The van der Waals surface area contributed by atoms with Crippen LogP contribution in [0, 0.1) is 0 Å². The first-order valence-electron chi connectivity index (χ1n) is 9.17. The Kier molecular flexibility index (Phi) is 6.01. The Labute approximate surface area is 165 Å². The topological polar surface area (TPSA) is 47.4 Å². The first-order valence-corrected chi connectivity index (χ1v) is 9.17. The monoisotopic (exact) mass is 385 g/mol. The van der Waals surface area contributed by atoms with Crippen LogP contribution in [0.5, 0.6) is 0 Å². The van der Waals surface area contributed by atoms with Crippen molar-refractivity contribution < 1.29 is 9.53 Å². The number of fused-ring (bicyclic) bond motifs is 3. The van der Waals surface area contributed by atoms with Gasteiger partial charge in [0.25, 0.3) is 0 Å². The second-order valence-corrected chi connectivity index (χ2v) is 6.61. The van der Waals surface area contributed by atoms with E-state index in [1.54, 1.807) is 6.20 Å². The number of ether oxygens (including phenoxy) is 1. The Morgan fingerprint density at radius 2 is 2.07 bits per heavy atom. The zero-order chi connectivity index (χ0) is 17.9. The van der Waals surface area contributed by atoms with E-state index in [1.807, 2.05) is 24.1 Å². The largest absolute Gasteiger partial charge is 0.450 e. The standard InChI is InChI=1S/C21H23N3O2.ClH/c1-2-26-21(25)23-12-6-10-20-18(15-23)17-8-3-4-9-19(17)24(20)14-16-7-5-11-22-13-16;/h3-5,7-9,11,13H,2,6,10,12,14-15H2,1H3;1H. The molecule has 0 atom stereocenters. The summed E-state index contributed by atoms with van der Waals surface area (Å²) in [4.78, 5) is 18.4. The Hall–Kier alpha value is -2.53. The van der Waals surface area contributed by atoms with Gasteiger partial charge in [-0.25, -0.2) is 4.79 Å². The molecule has 2 aromatic heterocycles. The van der Waals surface area contributed by atoms with E-state index < -0.39 is 0 Å². The average Bonchev–Trinajstić information content (AvgIpc) is 2.83. The normalized spacial score (nSPS) is 13.6. The maximum absolute atomic E-state index is 12.3.